The number of H-pyrrole nitrogens is 1. The first kappa shape index (κ1) is 17.6. The number of hydrogen-bond acceptors (Lipinski definition) is 4. The Hall–Kier alpha value is -3.28. The molecule has 0 amide bonds. The van der Waals surface area contributed by atoms with Crippen LogP contribution in [0.5, 0.6) is 5.75 Å². The smallest absolute Gasteiger partial charge is 0.227 e. The van der Waals surface area contributed by atoms with E-state index in [-0.39, 0.29) is 6.10 Å². The van der Waals surface area contributed by atoms with Gasteiger partial charge >= 0.3 is 0 Å². The number of nitrogens with zero attached hydrogens (tertiary/aromatic N) is 4. The molecular weight excluding hydrogens is 374 g/mol. The van der Waals surface area contributed by atoms with E-state index in [1.807, 2.05) is 12.1 Å². The van der Waals surface area contributed by atoms with Crippen molar-refractivity contribution in [3.05, 3.63) is 71.7 Å². The van der Waals surface area contributed by atoms with E-state index < -0.39 is 0 Å². The van der Waals surface area contributed by atoms with Crippen LogP contribution in [0, 0.1) is 0 Å². The molecule has 4 aromatic rings. The summed E-state index contributed by atoms with van der Waals surface area (Å²) in [5.41, 5.74) is 3.77. The standard InChI is InChI=1S/C24H25N5O/c1-28-23(22-14-17-8-3-5-11-21(17)30-22)26-27-24(28)29-12-6-9-18(15-29)20-13-16-7-2-4-10-19(16)25-20/h2-5,7-8,10-11,13,18,22,25H,6,9,12,14-15H2,1H3. The van der Waals surface area contributed by atoms with E-state index in [1.54, 1.807) is 0 Å². The van der Waals surface area contributed by atoms with Crippen LogP contribution in [0.1, 0.15) is 41.9 Å². The number of para-hydroxylation sites is 2. The number of ether oxygens (including phenoxy) is 1. The fraction of sp³-hybridized carbons (Fsp3) is 0.333. The molecule has 6 rings (SSSR count). The van der Waals surface area contributed by atoms with E-state index in [0.717, 1.165) is 43.5 Å². The lowest BCUT2D eigenvalue weighted by Crippen LogP contribution is -2.36. The molecule has 2 aromatic carbocycles. The van der Waals surface area contributed by atoms with Gasteiger partial charge < -0.3 is 14.6 Å². The quantitative estimate of drug-likeness (QED) is 0.556. The van der Waals surface area contributed by atoms with Crippen LogP contribution in [0.25, 0.3) is 10.9 Å². The highest BCUT2D eigenvalue weighted by Crippen LogP contribution is 2.37. The van der Waals surface area contributed by atoms with Gasteiger partial charge in [0.15, 0.2) is 11.9 Å². The first-order valence-electron chi connectivity index (χ1n) is 10.7. The molecule has 0 aliphatic carbocycles. The van der Waals surface area contributed by atoms with Crippen LogP contribution in [-0.2, 0) is 13.5 Å². The van der Waals surface area contributed by atoms with Crippen molar-refractivity contribution >= 4 is 16.9 Å². The zero-order valence-electron chi connectivity index (χ0n) is 17.1. The Morgan fingerprint density at radius 2 is 1.93 bits per heavy atom. The van der Waals surface area contributed by atoms with Gasteiger partial charge in [-0.1, -0.05) is 36.4 Å². The predicted octanol–water partition coefficient (Wildman–Crippen LogP) is 4.36. The zero-order chi connectivity index (χ0) is 20.1. The highest BCUT2D eigenvalue weighted by molar-refractivity contribution is 5.80. The molecule has 2 aliphatic rings. The maximum atomic E-state index is 6.15. The molecule has 1 fully saturated rings. The molecule has 2 atom stereocenters. The number of nitrogens with one attached hydrogen (secondary N) is 1. The number of benzene rings is 2. The molecule has 0 bridgehead atoms. The van der Waals surface area contributed by atoms with Crippen LogP contribution in [0.4, 0.5) is 5.95 Å². The van der Waals surface area contributed by atoms with Crippen molar-refractivity contribution in [2.75, 3.05) is 18.0 Å². The number of aromatic nitrogens is 4. The molecular formula is C24H25N5O. The molecule has 0 saturated carbocycles. The summed E-state index contributed by atoms with van der Waals surface area (Å²) in [7, 11) is 2.06. The molecule has 0 spiro atoms. The fourth-order valence-corrected chi connectivity index (χ4v) is 4.94. The van der Waals surface area contributed by atoms with E-state index in [0.29, 0.717) is 5.92 Å². The minimum atomic E-state index is -0.0667. The van der Waals surface area contributed by atoms with Crippen LogP contribution < -0.4 is 9.64 Å². The lowest BCUT2D eigenvalue weighted by Gasteiger charge is -2.32. The van der Waals surface area contributed by atoms with E-state index in [1.165, 1.54) is 28.6 Å². The Kier molecular flexibility index (Phi) is 4.04. The second kappa shape index (κ2) is 6.90. The third-order valence-corrected chi connectivity index (χ3v) is 6.52. The van der Waals surface area contributed by atoms with Gasteiger partial charge in [0.25, 0.3) is 0 Å². The van der Waals surface area contributed by atoms with Crippen molar-refractivity contribution in [3.8, 4) is 5.75 Å². The first-order valence-corrected chi connectivity index (χ1v) is 10.7. The number of piperidine rings is 1. The van der Waals surface area contributed by atoms with Gasteiger partial charge in [-0.2, -0.15) is 0 Å². The van der Waals surface area contributed by atoms with Gasteiger partial charge in [0, 0.05) is 43.7 Å². The first-order chi connectivity index (χ1) is 14.8. The summed E-state index contributed by atoms with van der Waals surface area (Å²) in [6.07, 6.45) is 3.12. The molecule has 2 unspecified atom stereocenters. The van der Waals surface area contributed by atoms with Crippen LogP contribution in [-0.4, -0.2) is 32.8 Å². The van der Waals surface area contributed by atoms with Crippen molar-refractivity contribution in [1.82, 2.24) is 19.7 Å². The monoisotopic (exact) mass is 399 g/mol. The van der Waals surface area contributed by atoms with Gasteiger partial charge in [0.1, 0.15) is 5.75 Å². The lowest BCUT2D eigenvalue weighted by atomic mass is 9.95. The normalized spacial score (nSPS) is 21.0. The van der Waals surface area contributed by atoms with E-state index in [9.17, 15) is 0 Å². The fourth-order valence-electron chi connectivity index (χ4n) is 4.94. The largest absolute Gasteiger partial charge is 0.482 e. The molecule has 152 valence electrons. The Balaban J connectivity index is 1.24. The highest BCUT2D eigenvalue weighted by atomic mass is 16.5. The highest BCUT2D eigenvalue weighted by Gasteiger charge is 2.31. The molecule has 2 aromatic heterocycles. The zero-order valence-corrected chi connectivity index (χ0v) is 17.1. The maximum Gasteiger partial charge on any atom is 0.227 e. The van der Waals surface area contributed by atoms with Crippen LogP contribution in [0.3, 0.4) is 0 Å². The summed E-state index contributed by atoms with van der Waals surface area (Å²) < 4.78 is 8.27. The van der Waals surface area contributed by atoms with Gasteiger partial charge in [0.2, 0.25) is 5.95 Å². The molecule has 6 heteroatoms. The second-order valence-corrected chi connectivity index (χ2v) is 8.43. The van der Waals surface area contributed by atoms with Gasteiger partial charge in [-0.25, -0.2) is 0 Å². The van der Waals surface area contributed by atoms with Crippen LogP contribution in [0.15, 0.2) is 54.6 Å². The molecule has 0 radical (unpaired) electrons. The summed E-state index contributed by atoms with van der Waals surface area (Å²) in [5.74, 6) is 3.27. The summed E-state index contributed by atoms with van der Waals surface area (Å²) in [5, 5.41) is 10.4. The van der Waals surface area contributed by atoms with E-state index in [2.05, 4.69) is 74.2 Å². The van der Waals surface area contributed by atoms with Gasteiger partial charge in [-0.05, 0) is 42.0 Å². The van der Waals surface area contributed by atoms with Crippen molar-refractivity contribution in [2.45, 2.75) is 31.3 Å². The van der Waals surface area contributed by atoms with Gasteiger partial charge in [-0.3, -0.25) is 4.57 Å². The van der Waals surface area contributed by atoms with Crippen LogP contribution >= 0.6 is 0 Å². The summed E-state index contributed by atoms with van der Waals surface area (Å²) in [4.78, 5) is 6.00. The van der Waals surface area contributed by atoms with Gasteiger partial charge in [0.05, 0.1) is 0 Å². The average molecular weight is 399 g/mol. The van der Waals surface area contributed by atoms with Crippen molar-refractivity contribution in [3.63, 3.8) is 0 Å². The molecule has 2 aliphatic heterocycles. The number of aromatic amines is 1. The number of anilines is 1. The Bertz CT molecular complexity index is 1150. The third kappa shape index (κ3) is 2.86. The molecule has 4 heterocycles. The third-order valence-electron chi connectivity index (χ3n) is 6.52. The maximum absolute atomic E-state index is 6.15. The van der Waals surface area contributed by atoms with E-state index >= 15 is 0 Å². The topological polar surface area (TPSA) is 59.0 Å². The Morgan fingerprint density at radius 3 is 2.83 bits per heavy atom. The van der Waals surface area contributed by atoms with Crippen molar-refractivity contribution in [1.29, 1.82) is 0 Å². The average Bonchev–Trinajstić information content (AvgIpc) is 3.49. The van der Waals surface area contributed by atoms with Crippen molar-refractivity contribution < 1.29 is 4.74 Å². The molecule has 6 nitrogen and oxygen atoms in total. The molecule has 1 N–H and O–H groups in total. The molecule has 1 saturated heterocycles. The molecule has 30 heavy (non-hydrogen) atoms. The number of rotatable bonds is 3. The predicted molar refractivity (Wildman–Crippen MR) is 117 cm³/mol. The summed E-state index contributed by atoms with van der Waals surface area (Å²) in [6, 6.07) is 19.0. The lowest BCUT2D eigenvalue weighted by molar-refractivity contribution is 0.223. The Morgan fingerprint density at radius 1 is 1.07 bits per heavy atom. The van der Waals surface area contributed by atoms with Gasteiger partial charge in [-0.15, -0.1) is 10.2 Å². The summed E-state index contributed by atoms with van der Waals surface area (Å²) in [6.45, 7) is 1.96. The number of hydrogen-bond donors (Lipinski definition) is 1. The minimum Gasteiger partial charge on any atom is -0.482 e. The number of fused-ring (bicyclic) bond motifs is 2. The van der Waals surface area contributed by atoms with E-state index in [4.69, 9.17) is 4.74 Å². The Labute approximate surface area is 175 Å². The van der Waals surface area contributed by atoms with Crippen molar-refractivity contribution in [2.24, 2.45) is 7.05 Å². The minimum absolute atomic E-state index is 0.0667. The summed E-state index contributed by atoms with van der Waals surface area (Å²) >= 11 is 0. The van der Waals surface area contributed by atoms with Crippen LogP contribution in [0.2, 0.25) is 0 Å². The second-order valence-electron chi connectivity index (χ2n) is 8.43. The SMILES string of the molecule is Cn1c(C2Cc3ccccc3O2)nnc1N1CCCC(c2cc3ccccc3[nH]2)C1.